The number of amides is 1. The Morgan fingerprint density at radius 3 is 2.63 bits per heavy atom. The van der Waals surface area contributed by atoms with Crippen LogP contribution in [0, 0.1) is 6.92 Å². The Bertz CT molecular complexity index is 945. The van der Waals surface area contributed by atoms with Gasteiger partial charge in [0.2, 0.25) is 0 Å². The molecule has 5 heteroatoms. The van der Waals surface area contributed by atoms with Crippen LogP contribution >= 0.6 is 0 Å². The van der Waals surface area contributed by atoms with Crippen molar-refractivity contribution < 1.29 is 18.7 Å². The molecule has 27 heavy (non-hydrogen) atoms. The van der Waals surface area contributed by atoms with Crippen LogP contribution in [0.2, 0.25) is 0 Å². The first-order valence-corrected chi connectivity index (χ1v) is 8.89. The van der Waals surface area contributed by atoms with Crippen LogP contribution < -0.4 is 0 Å². The first kappa shape index (κ1) is 18.7. The maximum absolute atomic E-state index is 12.5. The van der Waals surface area contributed by atoms with Crippen LogP contribution in [0.15, 0.2) is 59.2 Å². The van der Waals surface area contributed by atoms with E-state index < -0.39 is 12.1 Å². The number of furan rings is 1. The third kappa shape index (κ3) is 4.56. The quantitative estimate of drug-likeness (QED) is 0.622. The SMILES string of the molecule is Cc1ccc2c(CC(=O)O[C@@H](C)C(=O)N(C)Cc3ccccc3)coc2c1. The molecule has 0 bridgehead atoms. The highest BCUT2D eigenvalue weighted by molar-refractivity contribution is 5.88. The topological polar surface area (TPSA) is 59.8 Å². The largest absolute Gasteiger partial charge is 0.464 e. The molecule has 0 fully saturated rings. The van der Waals surface area contributed by atoms with Crippen LogP contribution in [-0.2, 0) is 27.3 Å². The van der Waals surface area contributed by atoms with Crippen molar-refractivity contribution in [1.29, 1.82) is 0 Å². The minimum absolute atomic E-state index is 0.0656. The molecule has 5 nitrogen and oxygen atoms in total. The summed E-state index contributed by atoms with van der Waals surface area (Å²) in [5, 5.41) is 0.887. The van der Waals surface area contributed by atoms with E-state index in [1.165, 1.54) is 0 Å². The smallest absolute Gasteiger partial charge is 0.311 e. The standard InChI is InChI=1S/C22H23NO4/c1-15-9-10-19-18(14-26-20(19)11-15)12-21(24)27-16(2)22(25)23(3)13-17-7-5-4-6-8-17/h4-11,14,16H,12-13H2,1-3H3/t16-/m0/s1. The molecule has 1 amide bonds. The lowest BCUT2D eigenvalue weighted by Gasteiger charge is -2.21. The number of hydrogen-bond donors (Lipinski definition) is 0. The number of benzene rings is 2. The minimum atomic E-state index is -0.841. The lowest BCUT2D eigenvalue weighted by atomic mass is 10.1. The van der Waals surface area contributed by atoms with Crippen molar-refractivity contribution in [2.75, 3.05) is 7.05 Å². The zero-order chi connectivity index (χ0) is 19.4. The van der Waals surface area contributed by atoms with Crippen LogP contribution in [0.3, 0.4) is 0 Å². The van der Waals surface area contributed by atoms with E-state index in [-0.39, 0.29) is 12.3 Å². The van der Waals surface area contributed by atoms with Crippen LogP contribution in [0.5, 0.6) is 0 Å². The molecule has 0 aliphatic carbocycles. The number of likely N-dealkylation sites (N-methyl/N-ethyl adjacent to an activating group) is 1. The molecule has 2 aromatic carbocycles. The molecule has 0 N–H and O–H groups in total. The third-order valence-corrected chi connectivity index (χ3v) is 4.44. The van der Waals surface area contributed by atoms with Crippen molar-refractivity contribution in [1.82, 2.24) is 4.90 Å². The molecular weight excluding hydrogens is 342 g/mol. The van der Waals surface area contributed by atoms with Gasteiger partial charge in [0.05, 0.1) is 12.7 Å². The van der Waals surface area contributed by atoms with Gasteiger partial charge in [-0.15, -0.1) is 0 Å². The molecule has 0 unspecified atom stereocenters. The summed E-state index contributed by atoms with van der Waals surface area (Å²) in [4.78, 5) is 26.3. The molecular formula is C22H23NO4. The van der Waals surface area contributed by atoms with E-state index in [0.29, 0.717) is 6.54 Å². The number of hydrogen-bond acceptors (Lipinski definition) is 4. The van der Waals surface area contributed by atoms with Gasteiger partial charge in [0.1, 0.15) is 5.58 Å². The Labute approximate surface area is 158 Å². The number of fused-ring (bicyclic) bond motifs is 1. The molecule has 1 heterocycles. The first-order chi connectivity index (χ1) is 12.9. The van der Waals surface area contributed by atoms with E-state index in [0.717, 1.165) is 27.7 Å². The molecule has 0 saturated carbocycles. The summed E-state index contributed by atoms with van der Waals surface area (Å²) in [6.07, 6.45) is 0.793. The van der Waals surface area contributed by atoms with Gasteiger partial charge in [-0.2, -0.15) is 0 Å². The summed E-state index contributed by atoms with van der Waals surface area (Å²) >= 11 is 0. The second-order valence-corrected chi connectivity index (χ2v) is 6.75. The van der Waals surface area contributed by atoms with E-state index in [4.69, 9.17) is 9.15 Å². The van der Waals surface area contributed by atoms with E-state index in [1.54, 1.807) is 25.1 Å². The van der Waals surface area contributed by atoms with E-state index in [2.05, 4.69) is 0 Å². The number of carbonyl (C=O) groups is 2. The van der Waals surface area contributed by atoms with E-state index >= 15 is 0 Å². The number of aryl methyl sites for hydroxylation is 1. The highest BCUT2D eigenvalue weighted by Crippen LogP contribution is 2.23. The lowest BCUT2D eigenvalue weighted by molar-refractivity contribution is -0.158. The molecule has 1 atom stereocenters. The molecule has 0 radical (unpaired) electrons. The molecule has 1 aromatic heterocycles. The van der Waals surface area contributed by atoms with Gasteiger partial charge in [-0.25, -0.2) is 0 Å². The zero-order valence-electron chi connectivity index (χ0n) is 15.8. The Morgan fingerprint density at radius 2 is 1.89 bits per heavy atom. The van der Waals surface area contributed by atoms with Gasteiger partial charge in [-0.3, -0.25) is 9.59 Å². The Kier molecular flexibility index (Phi) is 5.60. The Balaban J connectivity index is 1.58. The molecule has 0 spiro atoms. The molecule has 140 valence electrons. The highest BCUT2D eigenvalue weighted by Gasteiger charge is 2.22. The van der Waals surface area contributed by atoms with Gasteiger partial charge >= 0.3 is 5.97 Å². The molecule has 0 aliphatic heterocycles. The summed E-state index contributed by atoms with van der Waals surface area (Å²) in [7, 11) is 1.70. The van der Waals surface area contributed by atoms with Gasteiger partial charge in [-0.1, -0.05) is 42.5 Å². The normalized spacial score (nSPS) is 12.0. The second kappa shape index (κ2) is 8.08. The molecule has 0 saturated heterocycles. The fraction of sp³-hybridized carbons (Fsp3) is 0.273. The minimum Gasteiger partial charge on any atom is -0.464 e. The molecule has 3 rings (SSSR count). The maximum atomic E-state index is 12.5. The van der Waals surface area contributed by atoms with Crippen molar-refractivity contribution in [3.8, 4) is 0 Å². The number of ether oxygens (including phenoxy) is 1. The average molecular weight is 365 g/mol. The van der Waals surface area contributed by atoms with Gasteiger partial charge in [-0.05, 0) is 31.0 Å². The fourth-order valence-corrected chi connectivity index (χ4v) is 3.02. The van der Waals surface area contributed by atoms with E-state index in [1.807, 2.05) is 55.5 Å². The van der Waals surface area contributed by atoms with Crippen molar-refractivity contribution in [3.05, 3.63) is 71.5 Å². The maximum Gasteiger partial charge on any atom is 0.311 e. The predicted molar refractivity (Wildman–Crippen MR) is 103 cm³/mol. The summed E-state index contributed by atoms with van der Waals surface area (Å²) in [6.45, 7) is 4.04. The Morgan fingerprint density at radius 1 is 1.15 bits per heavy atom. The van der Waals surface area contributed by atoms with E-state index in [9.17, 15) is 9.59 Å². The van der Waals surface area contributed by atoms with Crippen molar-refractivity contribution in [3.63, 3.8) is 0 Å². The van der Waals surface area contributed by atoms with Crippen LogP contribution in [-0.4, -0.2) is 29.9 Å². The number of rotatable bonds is 6. The summed E-state index contributed by atoms with van der Waals surface area (Å²) < 4.78 is 10.8. The lowest BCUT2D eigenvalue weighted by Crippen LogP contribution is -2.37. The summed E-state index contributed by atoms with van der Waals surface area (Å²) in [6, 6.07) is 15.5. The monoisotopic (exact) mass is 365 g/mol. The molecule has 3 aromatic rings. The zero-order valence-corrected chi connectivity index (χ0v) is 15.8. The average Bonchev–Trinajstić information content (AvgIpc) is 3.03. The van der Waals surface area contributed by atoms with Crippen molar-refractivity contribution in [2.24, 2.45) is 0 Å². The number of nitrogens with zero attached hydrogens (tertiary/aromatic N) is 1. The van der Waals surface area contributed by atoms with Crippen LogP contribution in [0.4, 0.5) is 0 Å². The fourth-order valence-electron chi connectivity index (χ4n) is 3.02. The van der Waals surface area contributed by atoms with Crippen molar-refractivity contribution >= 4 is 22.8 Å². The number of esters is 1. The second-order valence-electron chi connectivity index (χ2n) is 6.75. The number of carbonyl (C=O) groups excluding carboxylic acids is 2. The van der Waals surface area contributed by atoms with Gasteiger partial charge in [0.15, 0.2) is 6.10 Å². The van der Waals surface area contributed by atoms with Crippen LogP contribution in [0.1, 0.15) is 23.6 Å². The van der Waals surface area contributed by atoms with Gasteiger partial charge in [0.25, 0.3) is 5.91 Å². The van der Waals surface area contributed by atoms with Crippen LogP contribution in [0.25, 0.3) is 11.0 Å². The van der Waals surface area contributed by atoms with Gasteiger partial charge < -0.3 is 14.1 Å². The predicted octanol–water partition coefficient (Wildman–Crippen LogP) is 3.87. The highest BCUT2D eigenvalue weighted by atomic mass is 16.5. The third-order valence-electron chi connectivity index (χ3n) is 4.44. The first-order valence-electron chi connectivity index (χ1n) is 8.89. The Hall–Kier alpha value is -3.08. The summed E-state index contributed by atoms with van der Waals surface area (Å²) in [5.41, 5.74) is 3.61. The van der Waals surface area contributed by atoms with Gasteiger partial charge in [0, 0.05) is 24.5 Å². The van der Waals surface area contributed by atoms with Crippen molar-refractivity contribution in [2.45, 2.75) is 32.9 Å². The summed E-state index contributed by atoms with van der Waals surface area (Å²) in [5.74, 6) is -0.688. The molecule has 0 aliphatic rings.